The Kier molecular flexibility index (Phi) is 6.73. The van der Waals surface area contributed by atoms with Crippen LogP contribution < -0.4 is 10.1 Å². The van der Waals surface area contributed by atoms with E-state index in [0.29, 0.717) is 35.3 Å². The molecule has 150 valence electrons. The minimum atomic E-state index is -0.629. The minimum absolute atomic E-state index is 0.247. The molecule has 0 aliphatic heterocycles. The molecular weight excluding hydrogens is 374 g/mol. The van der Waals surface area contributed by atoms with Gasteiger partial charge in [-0.25, -0.2) is 4.79 Å². The van der Waals surface area contributed by atoms with Crippen LogP contribution >= 0.6 is 11.3 Å². The quantitative estimate of drug-likeness (QED) is 0.674. The summed E-state index contributed by atoms with van der Waals surface area (Å²) in [5, 5.41) is 3.53. The van der Waals surface area contributed by atoms with Gasteiger partial charge in [0.25, 0.3) is 5.91 Å². The molecule has 2 atom stereocenters. The molecule has 1 N–H and O–H groups in total. The molecule has 28 heavy (non-hydrogen) atoms. The van der Waals surface area contributed by atoms with Gasteiger partial charge >= 0.3 is 5.97 Å². The molecule has 0 radical (unpaired) electrons. The van der Waals surface area contributed by atoms with Crippen molar-refractivity contribution in [1.82, 2.24) is 0 Å². The van der Waals surface area contributed by atoms with Gasteiger partial charge in [-0.2, -0.15) is 0 Å². The van der Waals surface area contributed by atoms with E-state index in [0.717, 1.165) is 24.8 Å². The molecule has 3 rings (SSSR count). The van der Waals surface area contributed by atoms with Crippen molar-refractivity contribution in [3.8, 4) is 5.75 Å². The lowest BCUT2D eigenvalue weighted by molar-refractivity contribution is -0.122. The predicted octanol–water partition coefficient (Wildman–Crippen LogP) is 4.85. The molecule has 1 aromatic heterocycles. The summed E-state index contributed by atoms with van der Waals surface area (Å²) in [4.78, 5) is 26.6. The maximum atomic E-state index is 12.9. The summed E-state index contributed by atoms with van der Waals surface area (Å²) in [6.45, 7) is 6.21. The van der Waals surface area contributed by atoms with Crippen LogP contribution in [0, 0.1) is 5.92 Å². The van der Waals surface area contributed by atoms with Gasteiger partial charge in [-0.05, 0) is 56.2 Å². The number of hydrogen-bond donors (Lipinski definition) is 1. The molecule has 6 heteroatoms. The molecule has 0 unspecified atom stereocenters. The van der Waals surface area contributed by atoms with Gasteiger partial charge in [0.1, 0.15) is 10.8 Å². The summed E-state index contributed by atoms with van der Waals surface area (Å²) in [6.07, 6.45) is 2.71. The maximum Gasteiger partial charge on any atom is 0.341 e. The van der Waals surface area contributed by atoms with Gasteiger partial charge in [-0.1, -0.05) is 32.0 Å². The van der Waals surface area contributed by atoms with Gasteiger partial charge in [0.2, 0.25) is 0 Å². The molecule has 2 aromatic rings. The van der Waals surface area contributed by atoms with Crippen molar-refractivity contribution < 1.29 is 19.1 Å². The third-order valence-electron chi connectivity index (χ3n) is 4.91. The fourth-order valence-corrected chi connectivity index (χ4v) is 4.84. The topological polar surface area (TPSA) is 64.6 Å². The fraction of sp³-hybridized carbons (Fsp3) is 0.455. The first-order valence-electron chi connectivity index (χ1n) is 9.87. The highest BCUT2D eigenvalue weighted by Crippen LogP contribution is 2.40. The van der Waals surface area contributed by atoms with Gasteiger partial charge in [0.05, 0.1) is 12.2 Å². The average Bonchev–Trinajstić information content (AvgIpc) is 3.03. The second-order valence-electron chi connectivity index (χ2n) is 7.09. The van der Waals surface area contributed by atoms with Gasteiger partial charge in [-0.15, -0.1) is 11.3 Å². The number of amides is 1. The first-order chi connectivity index (χ1) is 13.5. The average molecular weight is 402 g/mol. The molecule has 1 aromatic carbocycles. The molecule has 5 nitrogen and oxygen atoms in total. The standard InChI is InChI=1S/C22H27NO4S/c1-4-17(27-15-9-7-6-8-10-15)20(24)23-21-19(22(25)26-5-2)16-12-11-14(3)13-18(16)28-21/h6-10,14,17H,4-5,11-13H2,1-3H3,(H,23,24)/t14-,17+/m0/s1. The zero-order valence-corrected chi connectivity index (χ0v) is 17.4. The molecular formula is C22H27NO4S. The molecule has 1 heterocycles. The van der Waals surface area contributed by atoms with Crippen LogP contribution in [-0.2, 0) is 22.4 Å². The number of para-hydroxylation sites is 1. The summed E-state index contributed by atoms with van der Waals surface area (Å²) < 4.78 is 11.1. The smallest absolute Gasteiger partial charge is 0.341 e. The number of hydrogen-bond acceptors (Lipinski definition) is 5. The lowest BCUT2D eigenvalue weighted by Crippen LogP contribution is -2.32. The first-order valence-corrected chi connectivity index (χ1v) is 10.7. The van der Waals surface area contributed by atoms with Crippen LogP contribution in [0.15, 0.2) is 30.3 Å². The number of anilines is 1. The number of nitrogens with one attached hydrogen (secondary N) is 1. The van der Waals surface area contributed by atoms with Crippen LogP contribution in [0.4, 0.5) is 5.00 Å². The Balaban J connectivity index is 1.83. The summed E-state index contributed by atoms with van der Waals surface area (Å²) >= 11 is 1.49. The lowest BCUT2D eigenvalue weighted by atomic mass is 9.88. The van der Waals surface area contributed by atoms with Crippen LogP contribution in [0.5, 0.6) is 5.75 Å². The second kappa shape index (κ2) is 9.24. The van der Waals surface area contributed by atoms with Gasteiger partial charge in [0, 0.05) is 4.88 Å². The highest BCUT2D eigenvalue weighted by Gasteiger charge is 2.30. The normalized spacial score (nSPS) is 16.8. The van der Waals surface area contributed by atoms with Crippen LogP contribution in [0.25, 0.3) is 0 Å². The molecule has 0 spiro atoms. The number of benzene rings is 1. The van der Waals surface area contributed by atoms with E-state index in [-0.39, 0.29) is 11.9 Å². The van der Waals surface area contributed by atoms with Crippen molar-refractivity contribution in [2.45, 2.75) is 52.6 Å². The van der Waals surface area contributed by atoms with E-state index in [1.807, 2.05) is 37.3 Å². The van der Waals surface area contributed by atoms with E-state index in [9.17, 15) is 9.59 Å². The van der Waals surface area contributed by atoms with Gasteiger partial charge < -0.3 is 14.8 Å². The second-order valence-corrected chi connectivity index (χ2v) is 8.20. The Morgan fingerprint density at radius 3 is 2.68 bits per heavy atom. The van der Waals surface area contributed by atoms with Gasteiger partial charge in [-0.3, -0.25) is 4.79 Å². The molecule has 1 aliphatic rings. The van der Waals surface area contributed by atoms with E-state index < -0.39 is 6.10 Å². The zero-order valence-electron chi connectivity index (χ0n) is 16.6. The third-order valence-corrected chi connectivity index (χ3v) is 6.08. The summed E-state index contributed by atoms with van der Waals surface area (Å²) in [6, 6.07) is 9.29. The first kappa shape index (κ1) is 20.4. The Morgan fingerprint density at radius 1 is 1.25 bits per heavy atom. The molecule has 1 amide bonds. The molecule has 0 bridgehead atoms. The van der Waals surface area contributed by atoms with Crippen molar-refractivity contribution in [2.75, 3.05) is 11.9 Å². The number of thiophene rings is 1. The highest BCUT2D eigenvalue weighted by molar-refractivity contribution is 7.17. The summed E-state index contributed by atoms with van der Waals surface area (Å²) in [5.74, 6) is 0.620. The summed E-state index contributed by atoms with van der Waals surface area (Å²) in [7, 11) is 0. The van der Waals surface area contributed by atoms with Crippen molar-refractivity contribution in [2.24, 2.45) is 5.92 Å². The number of esters is 1. The minimum Gasteiger partial charge on any atom is -0.481 e. The van der Waals surface area contributed by atoms with Crippen LogP contribution in [-0.4, -0.2) is 24.6 Å². The number of fused-ring (bicyclic) bond motifs is 1. The summed E-state index contributed by atoms with van der Waals surface area (Å²) in [5.41, 5.74) is 1.56. The van der Waals surface area contributed by atoms with Crippen LogP contribution in [0.2, 0.25) is 0 Å². The Bertz CT molecular complexity index is 831. The zero-order chi connectivity index (χ0) is 20.1. The Labute approximate surface area is 170 Å². The monoisotopic (exact) mass is 401 g/mol. The number of carbonyl (C=O) groups excluding carboxylic acids is 2. The van der Waals surface area contributed by atoms with Crippen LogP contribution in [0.1, 0.15) is 54.4 Å². The Morgan fingerprint density at radius 2 is 2.00 bits per heavy atom. The Hall–Kier alpha value is -2.34. The van der Waals surface area contributed by atoms with Crippen molar-refractivity contribution in [3.63, 3.8) is 0 Å². The van der Waals surface area contributed by atoms with E-state index in [1.54, 1.807) is 6.92 Å². The largest absolute Gasteiger partial charge is 0.481 e. The van der Waals surface area contributed by atoms with Crippen LogP contribution in [0.3, 0.4) is 0 Å². The van der Waals surface area contributed by atoms with E-state index >= 15 is 0 Å². The number of carbonyl (C=O) groups is 2. The van der Waals surface area contributed by atoms with Gasteiger partial charge in [0.15, 0.2) is 6.10 Å². The highest BCUT2D eigenvalue weighted by atomic mass is 32.1. The third kappa shape index (κ3) is 4.55. The molecule has 0 fully saturated rings. The number of ether oxygens (including phenoxy) is 2. The van der Waals surface area contributed by atoms with E-state index in [2.05, 4.69) is 12.2 Å². The van der Waals surface area contributed by atoms with E-state index in [1.165, 1.54) is 16.2 Å². The SMILES string of the molecule is CCOC(=O)c1c(NC(=O)[C@@H](CC)Oc2ccccc2)sc2c1CC[C@H](C)C2. The molecule has 1 aliphatic carbocycles. The molecule has 0 saturated heterocycles. The van der Waals surface area contributed by atoms with Crippen molar-refractivity contribution >= 4 is 28.2 Å². The van der Waals surface area contributed by atoms with Crippen molar-refractivity contribution in [1.29, 1.82) is 0 Å². The lowest BCUT2D eigenvalue weighted by Gasteiger charge is -2.18. The fourth-order valence-electron chi connectivity index (χ4n) is 3.44. The molecule has 0 saturated carbocycles. The number of rotatable bonds is 7. The maximum absolute atomic E-state index is 12.9. The van der Waals surface area contributed by atoms with E-state index in [4.69, 9.17) is 9.47 Å². The predicted molar refractivity (Wildman–Crippen MR) is 111 cm³/mol. The van der Waals surface area contributed by atoms with Crippen molar-refractivity contribution in [3.05, 3.63) is 46.3 Å².